The van der Waals surface area contributed by atoms with Crippen molar-refractivity contribution in [3.8, 4) is 0 Å². The summed E-state index contributed by atoms with van der Waals surface area (Å²) in [4.78, 5) is 17.5. The second-order valence-electron chi connectivity index (χ2n) is 5.86. The maximum atomic E-state index is 13.1. The average molecular weight is 372 g/mol. The molecule has 0 radical (unpaired) electrons. The predicted octanol–water partition coefficient (Wildman–Crippen LogP) is 4.68. The molecule has 0 N–H and O–H groups in total. The molecule has 0 unspecified atom stereocenters. The molecule has 0 saturated carbocycles. The molecule has 2 aromatic heterocycles. The first-order chi connectivity index (χ1) is 12.5. The van der Waals surface area contributed by atoms with Gasteiger partial charge in [-0.1, -0.05) is 37.2 Å². The summed E-state index contributed by atoms with van der Waals surface area (Å²) in [6, 6.07) is 9.56. The predicted molar refractivity (Wildman–Crippen MR) is 96.8 cm³/mol. The third-order valence-electron chi connectivity index (χ3n) is 3.51. The Kier molecular flexibility index (Phi) is 5.58. The summed E-state index contributed by atoms with van der Waals surface area (Å²) in [5.41, 5.74) is 1.09. The van der Waals surface area contributed by atoms with Crippen molar-refractivity contribution >= 4 is 29.0 Å². The van der Waals surface area contributed by atoms with Crippen LogP contribution in [-0.2, 0) is 16.1 Å². The Morgan fingerprint density at radius 2 is 2.08 bits per heavy atom. The van der Waals surface area contributed by atoms with Crippen molar-refractivity contribution in [2.75, 3.05) is 0 Å². The summed E-state index contributed by atoms with van der Waals surface area (Å²) in [5, 5.41) is 5.71. The van der Waals surface area contributed by atoms with Gasteiger partial charge in [-0.2, -0.15) is 4.98 Å². The molecule has 0 spiro atoms. The highest BCUT2D eigenvalue weighted by atomic mass is 32.1. The van der Waals surface area contributed by atoms with Crippen LogP contribution in [0.4, 0.5) is 4.39 Å². The zero-order valence-corrected chi connectivity index (χ0v) is 15.1. The smallest absolute Gasteiger partial charge is 0.340 e. The fraction of sp³-hybridized carbons (Fsp3) is 0.211. The van der Waals surface area contributed by atoms with Crippen LogP contribution in [0.3, 0.4) is 0 Å². The number of aromatic nitrogens is 2. The van der Waals surface area contributed by atoms with E-state index in [1.807, 2.05) is 31.4 Å². The topological polar surface area (TPSA) is 65.2 Å². The zero-order chi connectivity index (χ0) is 18.5. The maximum Gasteiger partial charge on any atom is 0.340 e. The van der Waals surface area contributed by atoms with Crippen molar-refractivity contribution < 1.29 is 18.4 Å². The molecular formula is C19H17FN2O3S. The van der Waals surface area contributed by atoms with Gasteiger partial charge in [0.2, 0.25) is 0 Å². The van der Waals surface area contributed by atoms with E-state index in [9.17, 15) is 9.18 Å². The Bertz CT molecular complexity index is 899. The average Bonchev–Trinajstić information content (AvgIpc) is 3.31. The van der Waals surface area contributed by atoms with Crippen LogP contribution in [0, 0.1) is 5.82 Å². The number of nitrogens with zero attached hydrogens (tertiary/aromatic N) is 2. The van der Waals surface area contributed by atoms with Gasteiger partial charge in [0.05, 0.1) is 5.57 Å². The van der Waals surface area contributed by atoms with Crippen molar-refractivity contribution in [1.29, 1.82) is 0 Å². The van der Waals surface area contributed by atoms with E-state index in [1.54, 1.807) is 18.2 Å². The van der Waals surface area contributed by atoms with Crippen molar-refractivity contribution in [2.24, 2.45) is 0 Å². The van der Waals surface area contributed by atoms with E-state index >= 15 is 0 Å². The molecular weight excluding hydrogens is 355 g/mol. The number of hydrogen-bond acceptors (Lipinski definition) is 6. The third kappa shape index (κ3) is 4.43. The van der Waals surface area contributed by atoms with Crippen LogP contribution in [0.2, 0.25) is 0 Å². The summed E-state index contributed by atoms with van der Waals surface area (Å²) < 4.78 is 23.5. The molecule has 26 heavy (non-hydrogen) atoms. The van der Waals surface area contributed by atoms with Crippen LogP contribution in [0.5, 0.6) is 0 Å². The van der Waals surface area contributed by atoms with Crippen molar-refractivity contribution in [2.45, 2.75) is 26.4 Å². The molecule has 0 saturated heterocycles. The molecule has 1 aromatic carbocycles. The van der Waals surface area contributed by atoms with E-state index in [0.717, 1.165) is 4.88 Å². The largest absolute Gasteiger partial charge is 0.452 e. The number of rotatable bonds is 6. The molecule has 0 bridgehead atoms. The second kappa shape index (κ2) is 8.05. The van der Waals surface area contributed by atoms with Crippen LogP contribution >= 0.6 is 11.3 Å². The van der Waals surface area contributed by atoms with Gasteiger partial charge in [0.25, 0.3) is 5.89 Å². The Labute approximate surface area is 154 Å². The Hall–Kier alpha value is -2.80. The lowest BCUT2D eigenvalue weighted by atomic mass is 10.1. The number of ether oxygens (including phenoxy) is 1. The third-order valence-corrected chi connectivity index (χ3v) is 4.42. The minimum atomic E-state index is -0.513. The van der Waals surface area contributed by atoms with E-state index in [0.29, 0.717) is 17.0 Å². The van der Waals surface area contributed by atoms with Gasteiger partial charge in [0.15, 0.2) is 12.4 Å². The van der Waals surface area contributed by atoms with E-state index in [1.165, 1.54) is 23.5 Å². The SMILES string of the molecule is CC(C)c1noc(COC(=O)/C(=C/c2ccc(F)cc2)c2cccs2)n1. The molecule has 0 aliphatic rings. The van der Waals surface area contributed by atoms with E-state index in [2.05, 4.69) is 10.1 Å². The molecule has 2 heterocycles. The van der Waals surface area contributed by atoms with E-state index in [4.69, 9.17) is 9.26 Å². The van der Waals surface area contributed by atoms with Crippen LogP contribution in [-0.4, -0.2) is 16.1 Å². The number of carbonyl (C=O) groups excluding carboxylic acids is 1. The summed E-state index contributed by atoms with van der Waals surface area (Å²) in [5.74, 6) is 0.0924. The molecule has 0 amide bonds. The fourth-order valence-electron chi connectivity index (χ4n) is 2.15. The van der Waals surface area contributed by atoms with Gasteiger partial charge >= 0.3 is 5.97 Å². The van der Waals surface area contributed by atoms with Gasteiger partial charge in [-0.05, 0) is 35.2 Å². The Morgan fingerprint density at radius 3 is 2.69 bits per heavy atom. The number of thiophene rings is 1. The lowest BCUT2D eigenvalue weighted by molar-refractivity contribution is -0.138. The minimum Gasteiger partial charge on any atom is -0.452 e. The minimum absolute atomic E-state index is 0.106. The van der Waals surface area contributed by atoms with Crippen molar-refractivity contribution in [3.63, 3.8) is 0 Å². The summed E-state index contributed by atoms with van der Waals surface area (Å²) in [6.07, 6.45) is 1.67. The van der Waals surface area contributed by atoms with Crippen LogP contribution in [0.15, 0.2) is 46.3 Å². The van der Waals surface area contributed by atoms with E-state index < -0.39 is 5.97 Å². The normalized spacial score (nSPS) is 11.8. The highest BCUT2D eigenvalue weighted by Crippen LogP contribution is 2.25. The first-order valence-electron chi connectivity index (χ1n) is 8.03. The van der Waals surface area contributed by atoms with Gasteiger partial charge < -0.3 is 9.26 Å². The second-order valence-corrected chi connectivity index (χ2v) is 6.81. The van der Waals surface area contributed by atoms with Crippen LogP contribution in [0.1, 0.15) is 41.9 Å². The molecule has 134 valence electrons. The lowest BCUT2D eigenvalue weighted by Gasteiger charge is -2.06. The molecule has 5 nitrogen and oxygen atoms in total. The number of esters is 1. The Balaban J connectivity index is 1.78. The number of carbonyl (C=O) groups is 1. The molecule has 0 aliphatic heterocycles. The quantitative estimate of drug-likeness (QED) is 0.464. The molecule has 0 atom stereocenters. The molecule has 7 heteroatoms. The zero-order valence-electron chi connectivity index (χ0n) is 14.3. The molecule has 0 aliphatic carbocycles. The summed E-state index contributed by atoms with van der Waals surface area (Å²) in [6.45, 7) is 3.78. The molecule has 3 aromatic rings. The molecule has 0 fully saturated rings. The summed E-state index contributed by atoms with van der Waals surface area (Å²) >= 11 is 1.42. The van der Waals surface area contributed by atoms with Gasteiger partial charge in [-0.25, -0.2) is 9.18 Å². The molecule has 3 rings (SSSR count). The fourth-order valence-corrected chi connectivity index (χ4v) is 2.88. The monoisotopic (exact) mass is 372 g/mol. The van der Waals surface area contributed by atoms with E-state index in [-0.39, 0.29) is 24.2 Å². The number of hydrogen-bond donors (Lipinski definition) is 0. The number of benzene rings is 1. The van der Waals surface area contributed by atoms with Crippen LogP contribution in [0.25, 0.3) is 11.6 Å². The lowest BCUT2D eigenvalue weighted by Crippen LogP contribution is -2.07. The summed E-state index contributed by atoms with van der Waals surface area (Å²) in [7, 11) is 0. The Morgan fingerprint density at radius 1 is 1.31 bits per heavy atom. The van der Waals surface area contributed by atoms with Crippen LogP contribution < -0.4 is 0 Å². The maximum absolute atomic E-state index is 13.1. The highest BCUT2D eigenvalue weighted by Gasteiger charge is 2.17. The van der Waals surface area contributed by atoms with Crippen molar-refractivity contribution in [3.05, 3.63) is 69.8 Å². The first-order valence-corrected chi connectivity index (χ1v) is 8.91. The standard InChI is InChI=1S/C19H17FN2O3S/c1-12(2)18-21-17(25-22-18)11-24-19(23)15(16-4-3-9-26-16)10-13-5-7-14(20)8-6-13/h3-10,12H,11H2,1-2H3/b15-10+. The van der Waals surface area contributed by atoms with Gasteiger partial charge in [0, 0.05) is 10.8 Å². The highest BCUT2D eigenvalue weighted by molar-refractivity contribution is 7.11. The van der Waals surface area contributed by atoms with Gasteiger partial charge in [-0.15, -0.1) is 11.3 Å². The van der Waals surface area contributed by atoms with Gasteiger partial charge in [-0.3, -0.25) is 0 Å². The van der Waals surface area contributed by atoms with Crippen molar-refractivity contribution in [1.82, 2.24) is 10.1 Å². The number of halogens is 1. The first kappa shape index (κ1) is 18.0. The van der Waals surface area contributed by atoms with Gasteiger partial charge in [0.1, 0.15) is 5.82 Å².